The van der Waals surface area contributed by atoms with Gasteiger partial charge >= 0.3 is 0 Å². The first kappa shape index (κ1) is 12.4. The lowest BCUT2D eigenvalue weighted by atomic mass is 10.2. The number of methoxy groups -OCH3 is 1. The van der Waals surface area contributed by atoms with Crippen LogP contribution in [0.1, 0.15) is 11.5 Å². The Hall–Kier alpha value is -2.63. The summed E-state index contributed by atoms with van der Waals surface area (Å²) >= 11 is 0. The Labute approximate surface area is 116 Å². The minimum absolute atomic E-state index is 0.344. The maximum Gasteiger partial charge on any atom is 0.183 e. The van der Waals surface area contributed by atoms with Crippen LogP contribution in [0.5, 0.6) is 5.75 Å². The number of nitrogen functional groups attached to an aromatic ring is 1. The van der Waals surface area contributed by atoms with Gasteiger partial charge in [0.15, 0.2) is 11.6 Å². The topological polar surface area (TPSA) is 78.8 Å². The number of nitrogens with zero attached hydrogens (tertiary/aromatic N) is 4. The summed E-state index contributed by atoms with van der Waals surface area (Å²) in [6.07, 6.45) is 1.98. The van der Waals surface area contributed by atoms with Gasteiger partial charge in [-0.3, -0.25) is 0 Å². The molecule has 0 spiro atoms. The number of aromatic nitrogens is 4. The average molecular weight is 269 g/mol. The molecular weight excluding hydrogens is 254 g/mol. The van der Waals surface area contributed by atoms with Crippen LogP contribution >= 0.6 is 0 Å². The van der Waals surface area contributed by atoms with E-state index in [4.69, 9.17) is 10.5 Å². The third kappa shape index (κ3) is 1.95. The zero-order valence-electron chi connectivity index (χ0n) is 11.4. The van der Waals surface area contributed by atoms with Gasteiger partial charge in [-0.05, 0) is 12.1 Å². The molecule has 6 heteroatoms. The van der Waals surface area contributed by atoms with E-state index in [9.17, 15) is 0 Å². The Morgan fingerprint density at radius 3 is 2.80 bits per heavy atom. The summed E-state index contributed by atoms with van der Waals surface area (Å²) in [4.78, 5) is 12.8. The largest absolute Gasteiger partial charge is 0.491 e. The third-order valence-electron chi connectivity index (χ3n) is 3.31. The van der Waals surface area contributed by atoms with Gasteiger partial charge in [-0.15, -0.1) is 0 Å². The Morgan fingerprint density at radius 2 is 2.05 bits per heavy atom. The Balaban J connectivity index is 2.06. The van der Waals surface area contributed by atoms with E-state index in [0.717, 1.165) is 22.6 Å². The number of benzene rings is 1. The molecule has 6 nitrogen and oxygen atoms in total. The summed E-state index contributed by atoms with van der Waals surface area (Å²) in [7, 11) is 3.55. The lowest BCUT2D eigenvalue weighted by molar-refractivity contribution is 0.407. The molecule has 0 aliphatic carbocycles. The normalized spacial score (nSPS) is 10.9. The molecule has 2 heterocycles. The maximum absolute atomic E-state index is 5.80. The highest BCUT2D eigenvalue weighted by Gasteiger charge is 2.14. The van der Waals surface area contributed by atoms with Gasteiger partial charge in [0.1, 0.15) is 12.2 Å². The predicted octanol–water partition coefficient (Wildman–Crippen LogP) is 1.54. The first-order valence-electron chi connectivity index (χ1n) is 6.24. The molecule has 2 N–H and O–H groups in total. The first-order valence-corrected chi connectivity index (χ1v) is 6.24. The van der Waals surface area contributed by atoms with Crippen molar-refractivity contribution in [3.05, 3.63) is 42.1 Å². The highest BCUT2D eigenvalue weighted by atomic mass is 16.5. The summed E-state index contributed by atoms with van der Waals surface area (Å²) in [6.45, 7) is 0. The van der Waals surface area contributed by atoms with Crippen molar-refractivity contribution in [3.8, 4) is 5.75 Å². The number of fused-ring (bicyclic) bond motifs is 1. The smallest absolute Gasteiger partial charge is 0.183 e. The molecular formula is C14H15N5O. The molecule has 3 aromatic rings. The van der Waals surface area contributed by atoms with Crippen LogP contribution in [0.15, 0.2) is 30.6 Å². The van der Waals surface area contributed by atoms with Gasteiger partial charge in [0, 0.05) is 7.05 Å². The number of rotatable bonds is 3. The molecule has 0 saturated carbocycles. The molecule has 102 valence electrons. The molecule has 20 heavy (non-hydrogen) atoms. The minimum Gasteiger partial charge on any atom is -0.491 e. The summed E-state index contributed by atoms with van der Waals surface area (Å²) in [6, 6.07) is 8.00. The minimum atomic E-state index is 0.344. The molecule has 0 aliphatic rings. The molecule has 0 amide bonds. The van der Waals surface area contributed by atoms with Crippen LogP contribution in [0.25, 0.3) is 11.0 Å². The van der Waals surface area contributed by atoms with Gasteiger partial charge < -0.3 is 15.0 Å². The summed E-state index contributed by atoms with van der Waals surface area (Å²) < 4.78 is 7.32. The molecule has 0 atom stereocenters. The standard InChI is InChI=1S/C14H15N5O/c1-19-11-6-4-3-5-9(11)18-12(19)7-10-13(20-2)14(15)17-8-16-10/h3-6,8H,7H2,1-2H3,(H2,15,16,17). The zero-order chi connectivity index (χ0) is 14.1. The van der Waals surface area contributed by atoms with Crippen LogP contribution in [0.4, 0.5) is 5.82 Å². The van der Waals surface area contributed by atoms with Gasteiger partial charge in [-0.1, -0.05) is 12.1 Å². The van der Waals surface area contributed by atoms with Crippen molar-refractivity contribution in [2.45, 2.75) is 6.42 Å². The molecule has 1 aromatic carbocycles. The number of imidazole rings is 1. The van der Waals surface area contributed by atoms with Crippen molar-refractivity contribution in [1.82, 2.24) is 19.5 Å². The summed E-state index contributed by atoms with van der Waals surface area (Å²) in [5.74, 6) is 1.76. The second-order valence-electron chi connectivity index (χ2n) is 4.49. The molecule has 0 saturated heterocycles. The highest BCUT2D eigenvalue weighted by molar-refractivity contribution is 5.75. The van der Waals surface area contributed by atoms with Gasteiger partial charge in [0.25, 0.3) is 0 Å². The second kappa shape index (κ2) is 4.80. The SMILES string of the molecule is COc1c(N)ncnc1Cc1nc2ccccc2n1C. The molecule has 0 fully saturated rings. The molecule has 0 aliphatic heterocycles. The van der Waals surface area contributed by atoms with Crippen LogP contribution in [0.3, 0.4) is 0 Å². The van der Waals surface area contributed by atoms with Crippen molar-refractivity contribution in [1.29, 1.82) is 0 Å². The number of para-hydroxylation sites is 2. The van der Waals surface area contributed by atoms with Crippen molar-refractivity contribution in [2.75, 3.05) is 12.8 Å². The Kier molecular flexibility index (Phi) is 2.98. The Bertz CT molecular complexity index is 765. The number of nitrogens with two attached hydrogens (primary N) is 1. The van der Waals surface area contributed by atoms with Gasteiger partial charge in [-0.2, -0.15) is 0 Å². The van der Waals surface area contributed by atoms with E-state index in [2.05, 4.69) is 15.0 Å². The van der Waals surface area contributed by atoms with Crippen LogP contribution in [-0.2, 0) is 13.5 Å². The van der Waals surface area contributed by atoms with Crippen LogP contribution in [0.2, 0.25) is 0 Å². The van der Waals surface area contributed by atoms with E-state index in [1.807, 2.05) is 35.9 Å². The van der Waals surface area contributed by atoms with E-state index >= 15 is 0 Å². The lowest BCUT2D eigenvalue weighted by Crippen LogP contribution is -2.06. The van der Waals surface area contributed by atoms with E-state index < -0.39 is 0 Å². The van der Waals surface area contributed by atoms with Gasteiger partial charge in [0.2, 0.25) is 0 Å². The van der Waals surface area contributed by atoms with Crippen molar-refractivity contribution < 1.29 is 4.74 Å². The highest BCUT2D eigenvalue weighted by Crippen LogP contribution is 2.24. The summed E-state index contributed by atoms with van der Waals surface area (Å²) in [5.41, 5.74) is 8.58. The third-order valence-corrected chi connectivity index (χ3v) is 3.31. The monoisotopic (exact) mass is 269 g/mol. The second-order valence-corrected chi connectivity index (χ2v) is 4.49. The van der Waals surface area contributed by atoms with Crippen molar-refractivity contribution in [2.24, 2.45) is 7.05 Å². The maximum atomic E-state index is 5.80. The van der Waals surface area contributed by atoms with Crippen LogP contribution in [-0.4, -0.2) is 26.6 Å². The van der Waals surface area contributed by atoms with E-state index in [1.54, 1.807) is 7.11 Å². The molecule has 0 bridgehead atoms. The first-order chi connectivity index (χ1) is 9.70. The fraction of sp³-hybridized carbons (Fsp3) is 0.214. The molecule has 0 unspecified atom stereocenters. The summed E-state index contributed by atoms with van der Waals surface area (Å²) in [5, 5.41) is 0. The molecule has 2 aromatic heterocycles. The quantitative estimate of drug-likeness (QED) is 0.780. The number of anilines is 1. The van der Waals surface area contributed by atoms with E-state index in [0.29, 0.717) is 18.0 Å². The van der Waals surface area contributed by atoms with Crippen LogP contribution in [0, 0.1) is 0 Å². The fourth-order valence-corrected chi connectivity index (χ4v) is 2.28. The zero-order valence-corrected chi connectivity index (χ0v) is 11.4. The predicted molar refractivity (Wildman–Crippen MR) is 76.5 cm³/mol. The van der Waals surface area contributed by atoms with Crippen molar-refractivity contribution >= 4 is 16.9 Å². The van der Waals surface area contributed by atoms with Gasteiger partial charge in [-0.25, -0.2) is 15.0 Å². The lowest BCUT2D eigenvalue weighted by Gasteiger charge is -2.08. The number of hydrogen-bond acceptors (Lipinski definition) is 5. The number of ether oxygens (including phenoxy) is 1. The Morgan fingerprint density at radius 1 is 1.25 bits per heavy atom. The average Bonchev–Trinajstić information content (AvgIpc) is 2.76. The van der Waals surface area contributed by atoms with Crippen molar-refractivity contribution in [3.63, 3.8) is 0 Å². The van der Waals surface area contributed by atoms with E-state index in [1.165, 1.54) is 6.33 Å². The molecule has 0 radical (unpaired) electrons. The van der Waals surface area contributed by atoms with E-state index in [-0.39, 0.29) is 0 Å². The number of aryl methyl sites for hydroxylation is 1. The number of hydrogen-bond donors (Lipinski definition) is 1. The fourth-order valence-electron chi connectivity index (χ4n) is 2.28. The molecule has 3 rings (SSSR count). The van der Waals surface area contributed by atoms with Gasteiger partial charge in [0.05, 0.1) is 30.3 Å². The van der Waals surface area contributed by atoms with Crippen LogP contribution < -0.4 is 10.5 Å².